The van der Waals surface area contributed by atoms with Crippen molar-refractivity contribution in [3.05, 3.63) is 12.7 Å². The fraction of sp³-hybridized carbons (Fsp3) is 0.765. The lowest BCUT2D eigenvalue weighted by Gasteiger charge is -2.37. The van der Waals surface area contributed by atoms with Crippen LogP contribution < -0.4 is 5.32 Å². The van der Waals surface area contributed by atoms with Gasteiger partial charge in [0.25, 0.3) is 5.91 Å². The van der Waals surface area contributed by atoms with Gasteiger partial charge in [-0.3, -0.25) is 9.79 Å². The summed E-state index contributed by atoms with van der Waals surface area (Å²) >= 11 is 0. The Bertz CT molecular complexity index is 582. The number of aromatic nitrogens is 3. The third-order valence-corrected chi connectivity index (χ3v) is 4.90. The summed E-state index contributed by atoms with van der Waals surface area (Å²) in [7, 11) is 1.81. The van der Waals surface area contributed by atoms with Crippen LogP contribution in [0.5, 0.6) is 0 Å². The smallest absolute Gasteiger partial charge is 0.251 e. The van der Waals surface area contributed by atoms with Crippen LogP contribution in [0.2, 0.25) is 0 Å². The zero-order valence-electron chi connectivity index (χ0n) is 15.9. The number of halogens is 1. The number of hydrogen-bond acceptors (Lipinski definition) is 5. The molecular weight excluding hydrogens is 461 g/mol. The summed E-state index contributed by atoms with van der Waals surface area (Å²) in [5.41, 5.74) is 0. The summed E-state index contributed by atoms with van der Waals surface area (Å²) in [6.45, 7) is 5.59. The van der Waals surface area contributed by atoms with E-state index in [0.29, 0.717) is 6.61 Å². The number of amides is 1. The molecule has 3 heterocycles. The van der Waals surface area contributed by atoms with Gasteiger partial charge in [-0.1, -0.05) is 0 Å². The van der Waals surface area contributed by atoms with E-state index in [2.05, 4.69) is 25.4 Å². The first-order chi connectivity index (χ1) is 12.8. The van der Waals surface area contributed by atoms with Crippen LogP contribution in [0.1, 0.15) is 25.7 Å². The number of hydrogen-bond donors (Lipinski definition) is 1. The first-order valence-electron chi connectivity index (χ1n) is 9.46. The molecule has 0 aliphatic carbocycles. The van der Waals surface area contributed by atoms with E-state index in [9.17, 15) is 4.79 Å². The number of nitrogens with one attached hydrogen (secondary N) is 1. The molecule has 1 aromatic heterocycles. The largest absolute Gasteiger partial charge is 0.368 e. The maximum Gasteiger partial charge on any atom is 0.251 e. The molecule has 2 aliphatic rings. The lowest BCUT2D eigenvalue weighted by Crippen LogP contribution is -2.55. The van der Waals surface area contributed by atoms with Crippen LogP contribution in [-0.2, 0) is 16.1 Å². The molecule has 152 valence electrons. The second-order valence-electron chi connectivity index (χ2n) is 6.69. The molecule has 9 nitrogen and oxygen atoms in total. The average Bonchev–Trinajstić information content (AvgIpc) is 3.38. The highest BCUT2D eigenvalue weighted by atomic mass is 127. The number of piperazine rings is 1. The number of nitrogens with zero attached hydrogens (tertiary/aromatic N) is 6. The number of rotatable bonds is 6. The molecule has 2 saturated heterocycles. The number of aliphatic imine (C=N–C) groups is 1. The predicted molar refractivity (Wildman–Crippen MR) is 113 cm³/mol. The molecule has 0 bridgehead atoms. The van der Waals surface area contributed by atoms with Crippen LogP contribution in [-0.4, -0.2) is 88.9 Å². The number of ether oxygens (including phenoxy) is 1. The molecule has 27 heavy (non-hydrogen) atoms. The van der Waals surface area contributed by atoms with Crippen molar-refractivity contribution in [2.75, 3.05) is 46.4 Å². The molecule has 10 heteroatoms. The first kappa shape index (κ1) is 21.9. The molecule has 0 aromatic carbocycles. The fourth-order valence-electron chi connectivity index (χ4n) is 3.40. The van der Waals surface area contributed by atoms with Crippen LogP contribution in [0.4, 0.5) is 0 Å². The van der Waals surface area contributed by atoms with E-state index in [1.807, 2.05) is 16.5 Å². The molecule has 1 N–H and O–H groups in total. The standard InChI is InChI=1S/C17H29N7O2.HI/c1-18-17(19-6-2-3-7-22-13-20-21-14-22)24-10-8-23(9-11-24)16(25)15-5-4-12-26-15;/h13-15H,2-12H2,1H3,(H,18,19);1H. The molecule has 0 spiro atoms. The number of carbonyl (C=O) groups is 1. The molecule has 0 radical (unpaired) electrons. The van der Waals surface area contributed by atoms with Gasteiger partial charge in [0.15, 0.2) is 5.96 Å². The van der Waals surface area contributed by atoms with Crippen LogP contribution in [0.25, 0.3) is 0 Å². The van der Waals surface area contributed by atoms with Crippen molar-refractivity contribution in [1.29, 1.82) is 0 Å². The van der Waals surface area contributed by atoms with Gasteiger partial charge in [0.2, 0.25) is 0 Å². The lowest BCUT2D eigenvalue weighted by molar-refractivity contribution is -0.142. The second-order valence-corrected chi connectivity index (χ2v) is 6.69. The minimum absolute atomic E-state index is 0. The predicted octanol–water partition coefficient (Wildman–Crippen LogP) is 0.575. The maximum absolute atomic E-state index is 12.4. The summed E-state index contributed by atoms with van der Waals surface area (Å²) in [5.74, 6) is 1.07. The Balaban J connectivity index is 0.00000261. The molecule has 2 aliphatic heterocycles. The van der Waals surface area contributed by atoms with Crippen molar-refractivity contribution in [1.82, 2.24) is 29.9 Å². The SMILES string of the molecule is CN=C(NCCCCn1cnnc1)N1CCN(C(=O)C2CCCO2)CC1.I. The van der Waals surface area contributed by atoms with Crippen molar-refractivity contribution in [3.63, 3.8) is 0 Å². The molecule has 2 fully saturated rings. The van der Waals surface area contributed by atoms with E-state index in [0.717, 1.165) is 70.9 Å². The van der Waals surface area contributed by atoms with E-state index >= 15 is 0 Å². The van der Waals surface area contributed by atoms with Crippen molar-refractivity contribution in [2.45, 2.75) is 38.3 Å². The topological polar surface area (TPSA) is 87.9 Å². The zero-order valence-corrected chi connectivity index (χ0v) is 18.2. The van der Waals surface area contributed by atoms with E-state index in [1.165, 1.54) is 0 Å². The summed E-state index contributed by atoms with van der Waals surface area (Å²) in [6.07, 6.45) is 7.22. The number of aryl methyl sites for hydroxylation is 1. The highest BCUT2D eigenvalue weighted by Gasteiger charge is 2.30. The quantitative estimate of drug-likeness (QED) is 0.271. The zero-order chi connectivity index (χ0) is 18.2. The van der Waals surface area contributed by atoms with Crippen molar-refractivity contribution in [2.24, 2.45) is 4.99 Å². The lowest BCUT2D eigenvalue weighted by atomic mass is 10.2. The summed E-state index contributed by atoms with van der Waals surface area (Å²) < 4.78 is 7.50. The van der Waals surface area contributed by atoms with Gasteiger partial charge in [0.05, 0.1) is 0 Å². The Hall–Kier alpha value is -1.43. The Morgan fingerprint density at radius 1 is 1.19 bits per heavy atom. The van der Waals surface area contributed by atoms with Gasteiger partial charge in [0.1, 0.15) is 18.8 Å². The van der Waals surface area contributed by atoms with Gasteiger partial charge in [-0.2, -0.15) is 0 Å². The fourth-order valence-corrected chi connectivity index (χ4v) is 3.40. The van der Waals surface area contributed by atoms with Gasteiger partial charge in [-0.05, 0) is 25.7 Å². The Morgan fingerprint density at radius 2 is 1.89 bits per heavy atom. The Kier molecular flexibility index (Phi) is 9.25. The molecule has 1 unspecified atom stereocenters. The van der Waals surface area contributed by atoms with Crippen LogP contribution in [0, 0.1) is 0 Å². The van der Waals surface area contributed by atoms with Crippen LogP contribution in [0.3, 0.4) is 0 Å². The highest BCUT2D eigenvalue weighted by Crippen LogP contribution is 2.16. The van der Waals surface area contributed by atoms with Crippen LogP contribution in [0.15, 0.2) is 17.6 Å². The molecule has 0 saturated carbocycles. The first-order valence-corrected chi connectivity index (χ1v) is 9.46. The third kappa shape index (κ3) is 6.30. The summed E-state index contributed by atoms with van der Waals surface area (Å²) in [6, 6.07) is 0. The normalized spacial score (nSPS) is 20.5. The minimum Gasteiger partial charge on any atom is -0.368 e. The third-order valence-electron chi connectivity index (χ3n) is 4.90. The molecule has 1 amide bonds. The Labute approximate surface area is 177 Å². The second kappa shape index (κ2) is 11.4. The van der Waals surface area contributed by atoms with E-state index < -0.39 is 0 Å². The average molecular weight is 491 g/mol. The van der Waals surface area contributed by atoms with Crippen molar-refractivity contribution < 1.29 is 9.53 Å². The Morgan fingerprint density at radius 3 is 2.52 bits per heavy atom. The van der Waals surface area contributed by atoms with Crippen molar-refractivity contribution in [3.8, 4) is 0 Å². The summed E-state index contributed by atoms with van der Waals surface area (Å²) in [4.78, 5) is 20.9. The van der Waals surface area contributed by atoms with Gasteiger partial charge < -0.3 is 24.4 Å². The van der Waals surface area contributed by atoms with Crippen molar-refractivity contribution >= 4 is 35.8 Å². The number of guanidine groups is 1. The van der Waals surface area contributed by atoms with Gasteiger partial charge >= 0.3 is 0 Å². The monoisotopic (exact) mass is 491 g/mol. The van der Waals surface area contributed by atoms with Gasteiger partial charge in [-0.25, -0.2) is 0 Å². The molecule has 3 rings (SSSR count). The van der Waals surface area contributed by atoms with E-state index in [-0.39, 0.29) is 36.0 Å². The van der Waals surface area contributed by atoms with E-state index in [4.69, 9.17) is 4.74 Å². The molecule has 1 aromatic rings. The number of unbranched alkanes of at least 4 members (excludes halogenated alkanes) is 1. The molecular formula is C17H30IN7O2. The minimum atomic E-state index is -0.218. The summed E-state index contributed by atoms with van der Waals surface area (Å²) in [5, 5.41) is 11.0. The van der Waals surface area contributed by atoms with Gasteiger partial charge in [-0.15, -0.1) is 34.2 Å². The van der Waals surface area contributed by atoms with Gasteiger partial charge in [0, 0.05) is 52.9 Å². The van der Waals surface area contributed by atoms with E-state index in [1.54, 1.807) is 12.7 Å². The highest BCUT2D eigenvalue weighted by molar-refractivity contribution is 14.0. The molecule has 1 atom stereocenters. The number of carbonyl (C=O) groups excluding carboxylic acids is 1. The maximum atomic E-state index is 12.4. The van der Waals surface area contributed by atoms with Crippen LogP contribution >= 0.6 is 24.0 Å².